The average molecular weight is 701 g/mol. The molecule has 52 heavy (non-hydrogen) atoms. The summed E-state index contributed by atoms with van der Waals surface area (Å²) in [7, 11) is 0. The van der Waals surface area contributed by atoms with Gasteiger partial charge in [-0.25, -0.2) is 14.3 Å². The highest BCUT2D eigenvalue weighted by atomic mass is 16.5. The quantitative estimate of drug-likeness (QED) is 0.0522. The van der Waals surface area contributed by atoms with Gasteiger partial charge in [-0.1, -0.05) is 25.1 Å². The molecule has 4 aromatic carbocycles. The molecule has 2 amide bonds. The topological polar surface area (TPSA) is 138 Å². The van der Waals surface area contributed by atoms with Crippen LogP contribution in [0.1, 0.15) is 59.0 Å². The number of rotatable bonds is 14. The number of hydrogen-bond acceptors (Lipinski definition) is 8. The second-order valence-electron chi connectivity index (χ2n) is 11.6. The van der Waals surface area contributed by atoms with Gasteiger partial charge in [0, 0.05) is 28.7 Å². The Kier molecular flexibility index (Phi) is 12.3. The van der Waals surface area contributed by atoms with Gasteiger partial charge >= 0.3 is 11.9 Å². The Morgan fingerprint density at radius 1 is 0.731 bits per heavy atom. The van der Waals surface area contributed by atoms with Crippen LogP contribution in [0.15, 0.2) is 109 Å². The molecule has 0 aliphatic rings. The number of anilines is 2. The first-order valence-corrected chi connectivity index (χ1v) is 17.0. The van der Waals surface area contributed by atoms with Crippen LogP contribution >= 0.6 is 0 Å². The summed E-state index contributed by atoms with van der Waals surface area (Å²) < 4.78 is 17.7. The first kappa shape index (κ1) is 36.8. The van der Waals surface area contributed by atoms with Gasteiger partial charge in [-0.3, -0.25) is 9.59 Å². The molecule has 0 unspecified atom stereocenters. The van der Waals surface area contributed by atoms with E-state index in [2.05, 4.69) is 10.6 Å². The van der Waals surface area contributed by atoms with Crippen molar-refractivity contribution < 1.29 is 33.4 Å². The molecule has 2 N–H and O–H groups in total. The highest BCUT2D eigenvalue weighted by Gasteiger charge is 2.22. The molecule has 0 aliphatic carbocycles. The zero-order chi connectivity index (χ0) is 37.0. The van der Waals surface area contributed by atoms with E-state index in [0.717, 1.165) is 29.0 Å². The van der Waals surface area contributed by atoms with Crippen molar-refractivity contribution >= 4 is 41.2 Å². The van der Waals surface area contributed by atoms with Crippen molar-refractivity contribution in [3.05, 3.63) is 131 Å². The summed E-state index contributed by atoms with van der Waals surface area (Å²) in [5, 5.41) is 10.4. The maximum absolute atomic E-state index is 14.0. The third kappa shape index (κ3) is 9.19. The average Bonchev–Trinajstić information content (AvgIpc) is 3.58. The Labute approximate surface area is 302 Å². The Morgan fingerprint density at radius 3 is 1.79 bits per heavy atom. The minimum atomic E-state index is -0.706. The van der Waals surface area contributed by atoms with E-state index < -0.39 is 23.8 Å². The number of hydrogen-bond donors (Lipinski definition) is 2. The summed E-state index contributed by atoms with van der Waals surface area (Å²) in [6.07, 6.45) is 4.11. The molecule has 0 fully saturated rings. The molecule has 1 aromatic heterocycles. The van der Waals surface area contributed by atoms with Crippen molar-refractivity contribution in [1.29, 1.82) is 0 Å². The zero-order valence-electron chi connectivity index (χ0n) is 29.5. The molecule has 0 saturated heterocycles. The van der Waals surface area contributed by atoms with Crippen molar-refractivity contribution in [3.63, 3.8) is 0 Å². The molecular formula is C41H40N4O7. The summed E-state index contributed by atoms with van der Waals surface area (Å²) in [6.45, 7) is 8.46. The van der Waals surface area contributed by atoms with Gasteiger partial charge in [0.1, 0.15) is 11.3 Å². The summed E-state index contributed by atoms with van der Waals surface area (Å²) in [5.74, 6) is -1.63. The second kappa shape index (κ2) is 17.4. The normalized spacial score (nSPS) is 10.5. The minimum Gasteiger partial charge on any atom is -0.493 e. The molecule has 1 heterocycles. The van der Waals surface area contributed by atoms with Crippen molar-refractivity contribution in [1.82, 2.24) is 9.78 Å². The van der Waals surface area contributed by atoms with Gasteiger partial charge in [-0.05, 0) is 118 Å². The predicted octanol–water partition coefficient (Wildman–Crippen LogP) is 7.65. The Balaban J connectivity index is 1.56. The van der Waals surface area contributed by atoms with Crippen LogP contribution in [0.3, 0.4) is 0 Å². The summed E-state index contributed by atoms with van der Waals surface area (Å²) >= 11 is 0. The fourth-order valence-corrected chi connectivity index (χ4v) is 5.20. The fraction of sp³-hybridized carbons (Fsp3) is 0.195. The number of aromatic nitrogens is 2. The van der Waals surface area contributed by atoms with Crippen LogP contribution in [0.2, 0.25) is 0 Å². The standard InChI is InChI=1S/C41H40N4O7/c1-5-23-52-36-22-17-30(24-27(36)4)37-31(26-45(44-37)34-11-9-8-10-12-34)25-35(38(46)42-32-18-13-28(14-19-32)40(48)50-6-2)39(47)43-33-20-15-29(16-21-33)41(49)51-7-3/h8-22,24-26H,5-7,23H2,1-4H3,(H,42,46)(H,43,47). The van der Waals surface area contributed by atoms with E-state index in [0.29, 0.717) is 40.4 Å². The van der Waals surface area contributed by atoms with Gasteiger partial charge < -0.3 is 24.8 Å². The highest BCUT2D eigenvalue weighted by Crippen LogP contribution is 2.30. The summed E-state index contributed by atoms with van der Waals surface area (Å²) in [4.78, 5) is 52.3. The lowest BCUT2D eigenvalue weighted by Crippen LogP contribution is -2.25. The van der Waals surface area contributed by atoms with Crippen LogP contribution in [0.5, 0.6) is 5.75 Å². The van der Waals surface area contributed by atoms with Crippen LogP contribution in [-0.2, 0) is 19.1 Å². The minimum absolute atomic E-state index is 0.225. The molecule has 0 radical (unpaired) electrons. The van der Waals surface area contributed by atoms with E-state index >= 15 is 0 Å². The van der Waals surface area contributed by atoms with E-state index in [1.165, 1.54) is 30.3 Å². The number of carbonyl (C=O) groups excluding carboxylic acids is 4. The first-order chi connectivity index (χ1) is 25.2. The van der Waals surface area contributed by atoms with Crippen LogP contribution in [0.25, 0.3) is 23.0 Å². The number of benzene rings is 4. The molecule has 0 spiro atoms. The molecule has 5 aromatic rings. The molecule has 0 aliphatic heterocycles. The van der Waals surface area contributed by atoms with E-state index in [1.54, 1.807) is 49.0 Å². The number of nitrogens with one attached hydrogen (secondary N) is 2. The van der Waals surface area contributed by atoms with Crippen molar-refractivity contribution in [2.75, 3.05) is 30.5 Å². The third-order valence-electron chi connectivity index (χ3n) is 7.77. The van der Waals surface area contributed by atoms with Gasteiger partial charge in [-0.15, -0.1) is 0 Å². The van der Waals surface area contributed by atoms with Crippen molar-refractivity contribution in [2.24, 2.45) is 0 Å². The SMILES string of the molecule is CCCOc1ccc(-c2nn(-c3ccccc3)cc2C=C(C(=O)Nc2ccc(C(=O)OCC)cc2)C(=O)Nc2ccc(C(=O)OCC)cc2)cc1C. The molecule has 0 atom stereocenters. The Morgan fingerprint density at radius 2 is 1.29 bits per heavy atom. The maximum atomic E-state index is 14.0. The summed E-state index contributed by atoms with van der Waals surface area (Å²) in [5.41, 5.74) is 4.60. The van der Waals surface area contributed by atoms with Crippen molar-refractivity contribution in [3.8, 4) is 22.7 Å². The van der Waals surface area contributed by atoms with Crippen LogP contribution in [-0.4, -0.2) is 53.4 Å². The molecule has 11 nitrogen and oxygen atoms in total. The molecule has 5 rings (SSSR count). The van der Waals surface area contributed by atoms with Crippen LogP contribution in [0.4, 0.5) is 11.4 Å². The molecule has 11 heteroatoms. The number of nitrogens with zero attached hydrogens (tertiary/aromatic N) is 2. The van der Waals surface area contributed by atoms with Crippen LogP contribution in [0, 0.1) is 6.92 Å². The van der Waals surface area contributed by atoms with E-state index in [-0.39, 0.29) is 18.8 Å². The predicted molar refractivity (Wildman–Crippen MR) is 200 cm³/mol. The van der Waals surface area contributed by atoms with Gasteiger partial charge in [0.05, 0.1) is 42.3 Å². The number of ether oxygens (including phenoxy) is 3. The molecule has 266 valence electrons. The number of carbonyl (C=O) groups is 4. The van der Waals surface area contributed by atoms with E-state index in [4.69, 9.17) is 19.3 Å². The lowest BCUT2D eigenvalue weighted by atomic mass is 10.0. The number of amides is 2. The monoisotopic (exact) mass is 700 g/mol. The van der Waals surface area contributed by atoms with E-state index in [9.17, 15) is 19.2 Å². The Bertz CT molecular complexity index is 1990. The molecule has 0 saturated carbocycles. The van der Waals surface area contributed by atoms with Gasteiger partial charge in [0.25, 0.3) is 11.8 Å². The first-order valence-electron chi connectivity index (χ1n) is 17.0. The zero-order valence-corrected chi connectivity index (χ0v) is 29.5. The van der Waals surface area contributed by atoms with Crippen molar-refractivity contribution in [2.45, 2.75) is 34.1 Å². The maximum Gasteiger partial charge on any atom is 0.338 e. The number of aryl methyl sites for hydroxylation is 1. The number of para-hydroxylation sites is 1. The smallest absolute Gasteiger partial charge is 0.338 e. The molecule has 0 bridgehead atoms. The van der Waals surface area contributed by atoms with E-state index in [1.807, 2.05) is 62.4 Å². The Hall–Kier alpha value is -6.49. The lowest BCUT2D eigenvalue weighted by Gasteiger charge is -2.12. The highest BCUT2D eigenvalue weighted by molar-refractivity contribution is 6.29. The van der Waals surface area contributed by atoms with Crippen LogP contribution < -0.4 is 15.4 Å². The second-order valence-corrected chi connectivity index (χ2v) is 11.6. The lowest BCUT2D eigenvalue weighted by molar-refractivity contribution is -0.118. The van der Waals surface area contributed by atoms with Gasteiger partial charge in [-0.2, -0.15) is 5.10 Å². The fourth-order valence-electron chi connectivity index (χ4n) is 5.20. The number of esters is 2. The van der Waals surface area contributed by atoms with Gasteiger partial charge in [0.15, 0.2) is 0 Å². The molecular weight excluding hydrogens is 660 g/mol. The third-order valence-corrected chi connectivity index (χ3v) is 7.77. The largest absolute Gasteiger partial charge is 0.493 e. The van der Waals surface area contributed by atoms with Gasteiger partial charge in [0.2, 0.25) is 0 Å². The summed E-state index contributed by atoms with van der Waals surface area (Å²) in [6, 6.07) is 27.5.